The summed E-state index contributed by atoms with van der Waals surface area (Å²) in [7, 11) is 0. The standard InChI is InChI=1S/C22H23N3OS/c1-15-12-18-10-6-7-11-20(18)25(15)21(26)14-27-22-23-16(2)19(24-22)13-17-8-4-3-5-9-17/h3-11,15H,12-14H2,1-2H3,(H,23,24)/t15-/m0/s1. The lowest BCUT2D eigenvalue weighted by atomic mass is 10.1. The number of para-hydroxylation sites is 1. The Labute approximate surface area is 164 Å². The summed E-state index contributed by atoms with van der Waals surface area (Å²) in [4.78, 5) is 22.8. The van der Waals surface area contributed by atoms with E-state index in [1.807, 2.05) is 48.2 Å². The highest BCUT2D eigenvalue weighted by Gasteiger charge is 2.30. The zero-order valence-corrected chi connectivity index (χ0v) is 16.4. The third-order valence-corrected chi connectivity index (χ3v) is 5.84. The molecule has 0 unspecified atom stereocenters. The lowest BCUT2D eigenvalue weighted by Gasteiger charge is -2.22. The Balaban J connectivity index is 1.42. The fourth-order valence-electron chi connectivity index (χ4n) is 3.64. The number of aromatic nitrogens is 2. The molecule has 0 radical (unpaired) electrons. The molecule has 1 amide bonds. The average molecular weight is 378 g/mol. The van der Waals surface area contributed by atoms with Crippen LogP contribution in [-0.2, 0) is 17.6 Å². The van der Waals surface area contributed by atoms with E-state index in [4.69, 9.17) is 4.98 Å². The first-order valence-electron chi connectivity index (χ1n) is 9.24. The number of imidazole rings is 1. The van der Waals surface area contributed by atoms with Crippen LogP contribution in [0.4, 0.5) is 5.69 Å². The predicted molar refractivity (Wildman–Crippen MR) is 110 cm³/mol. The van der Waals surface area contributed by atoms with Gasteiger partial charge >= 0.3 is 0 Å². The Morgan fingerprint density at radius 2 is 1.93 bits per heavy atom. The van der Waals surface area contributed by atoms with Crippen molar-refractivity contribution in [3.05, 3.63) is 77.1 Å². The monoisotopic (exact) mass is 377 g/mol. The van der Waals surface area contributed by atoms with E-state index in [9.17, 15) is 4.79 Å². The van der Waals surface area contributed by atoms with Crippen LogP contribution in [0.25, 0.3) is 0 Å². The predicted octanol–water partition coefficient (Wildman–Crippen LogP) is 4.38. The van der Waals surface area contributed by atoms with Crippen LogP contribution in [-0.4, -0.2) is 27.7 Å². The summed E-state index contributed by atoms with van der Waals surface area (Å²) in [6, 6.07) is 18.7. The van der Waals surface area contributed by atoms with Gasteiger partial charge in [-0.1, -0.05) is 60.3 Å². The maximum absolute atomic E-state index is 12.8. The number of carbonyl (C=O) groups is 1. The molecule has 2 heterocycles. The molecule has 1 atom stereocenters. The average Bonchev–Trinajstić information content (AvgIpc) is 3.19. The number of H-pyrrole nitrogens is 1. The summed E-state index contributed by atoms with van der Waals surface area (Å²) in [5.41, 5.74) is 5.64. The first-order chi connectivity index (χ1) is 13.1. The summed E-state index contributed by atoms with van der Waals surface area (Å²) >= 11 is 1.48. The van der Waals surface area contributed by atoms with Gasteiger partial charge in [-0.2, -0.15) is 0 Å². The molecule has 27 heavy (non-hydrogen) atoms. The first kappa shape index (κ1) is 17.9. The van der Waals surface area contributed by atoms with Gasteiger partial charge in [0.1, 0.15) is 0 Å². The molecule has 0 saturated heterocycles. The van der Waals surface area contributed by atoms with E-state index < -0.39 is 0 Å². The fraction of sp³-hybridized carbons (Fsp3) is 0.273. The summed E-state index contributed by atoms with van der Waals surface area (Å²) in [5.74, 6) is 0.521. The van der Waals surface area contributed by atoms with Crippen molar-refractivity contribution in [2.75, 3.05) is 10.7 Å². The van der Waals surface area contributed by atoms with Gasteiger partial charge in [0.05, 0.1) is 11.4 Å². The van der Waals surface area contributed by atoms with E-state index >= 15 is 0 Å². The summed E-state index contributed by atoms with van der Waals surface area (Å²) < 4.78 is 0. The highest BCUT2D eigenvalue weighted by Crippen LogP contribution is 2.32. The van der Waals surface area contributed by atoms with Crippen LogP contribution >= 0.6 is 11.8 Å². The van der Waals surface area contributed by atoms with Crippen molar-refractivity contribution in [2.24, 2.45) is 0 Å². The van der Waals surface area contributed by atoms with Crippen LogP contribution in [0.15, 0.2) is 59.8 Å². The first-order valence-corrected chi connectivity index (χ1v) is 10.2. The van der Waals surface area contributed by atoms with Crippen LogP contribution in [0, 0.1) is 6.92 Å². The van der Waals surface area contributed by atoms with E-state index in [2.05, 4.69) is 30.1 Å². The van der Waals surface area contributed by atoms with Gasteiger partial charge in [0, 0.05) is 23.8 Å². The molecular formula is C22H23N3OS. The Morgan fingerprint density at radius 1 is 1.19 bits per heavy atom. The minimum atomic E-state index is 0.135. The number of nitrogens with zero attached hydrogens (tertiary/aromatic N) is 2. The molecule has 0 fully saturated rings. The molecule has 1 aliphatic heterocycles. The topological polar surface area (TPSA) is 49.0 Å². The van der Waals surface area contributed by atoms with Gasteiger partial charge in [0.25, 0.3) is 0 Å². The van der Waals surface area contributed by atoms with Crippen molar-refractivity contribution in [3.8, 4) is 0 Å². The molecule has 1 N–H and O–H groups in total. The van der Waals surface area contributed by atoms with E-state index in [0.29, 0.717) is 5.75 Å². The maximum atomic E-state index is 12.8. The fourth-order valence-corrected chi connectivity index (χ4v) is 4.44. The van der Waals surface area contributed by atoms with Crippen molar-refractivity contribution in [1.29, 1.82) is 0 Å². The number of benzene rings is 2. The van der Waals surface area contributed by atoms with Crippen molar-refractivity contribution in [2.45, 2.75) is 37.9 Å². The molecule has 0 saturated carbocycles. The molecule has 1 aliphatic rings. The lowest BCUT2D eigenvalue weighted by molar-refractivity contribution is -0.116. The maximum Gasteiger partial charge on any atom is 0.237 e. The molecule has 1 aromatic heterocycles. The Hall–Kier alpha value is -2.53. The number of hydrogen-bond acceptors (Lipinski definition) is 3. The number of aryl methyl sites for hydroxylation is 1. The molecular weight excluding hydrogens is 354 g/mol. The van der Waals surface area contributed by atoms with Crippen LogP contribution in [0.2, 0.25) is 0 Å². The lowest BCUT2D eigenvalue weighted by Crippen LogP contribution is -2.37. The molecule has 0 spiro atoms. The molecule has 5 heteroatoms. The molecule has 3 aromatic rings. The van der Waals surface area contributed by atoms with Gasteiger partial charge in [-0.3, -0.25) is 4.79 Å². The quantitative estimate of drug-likeness (QED) is 0.671. The molecule has 2 aromatic carbocycles. The number of amides is 1. The summed E-state index contributed by atoms with van der Waals surface area (Å²) in [5, 5.41) is 0.812. The third kappa shape index (κ3) is 3.78. The molecule has 4 nitrogen and oxygen atoms in total. The van der Waals surface area contributed by atoms with Crippen molar-refractivity contribution >= 4 is 23.4 Å². The molecule has 0 aliphatic carbocycles. The molecule has 138 valence electrons. The molecule has 4 rings (SSSR count). The number of aromatic amines is 1. The van der Waals surface area contributed by atoms with Crippen LogP contribution in [0.3, 0.4) is 0 Å². The SMILES string of the molecule is Cc1[nH]c(SCC(=O)N2c3ccccc3C[C@@H]2C)nc1Cc1ccccc1. The Morgan fingerprint density at radius 3 is 2.74 bits per heavy atom. The number of anilines is 1. The van der Waals surface area contributed by atoms with E-state index in [1.54, 1.807) is 0 Å². The van der Waals surface area contributed by atoms with Crippen molar-refractivity contribution in [1.82, 2.24) is 9.97 Å². The van der Waals surface area contributed by atoms with Crippen LogP contribution < -0.4 is 4.90 Å². The third-order valence-electron chi connectivity index (χ3n) is 4.99. The van der Waals surface area contributed by atoms with Crippen molar-refractivity contribution < 1.29 is 4.79 Å². The number of carbonyl (C=O) groups excluding carboxylic acids is 1. The highest BCUT2D eigenvalue weighted by atomic mass is 32.2. The Bertz CT molecular complexity index is 951. The summed E-state index contributed by atoms with van der Waals surface area (Å²) in [6.45, 7) is 4.15. The highest BCUT2D eigenvalue weighted by molar-refractivity contribution is 7.99. The minimum Gasteiger partial charge on any atom is -0.337 e. The van der Waals surface area contributed by atoms with E-state index in [-0.39, 0.29) is 11.9 Å². The van der Waals surface area contributed by atoms with E-state index in [1.165, 1.54) is 22.9 Å². The summed E-state index contributed by atoms with van der Waals surface area (Å²) in [6.07, 6.45) is 1.72. The number of hydrogen-bond donors (Lipinski definition) is 1. The van der Waals surface area contributed by atoms with Gasteiger partial charge < -0.3 is 9.88 Å². The Kier molecular flexibility index (Phi) is 5.03. The minimum absolute atomic E-state index is 0.135. The number of rotatable bonds is 5. The second kappa shape index (κ2) is 7.61. The zero-order chi connectivity index (χ0) is 18.8. The van der Waals surface area contributed by atoms with Crippen molar-refractivity contribution in [3.63, 3.8) is 0 Å². The van der Waals surface area contributed by atoms with Gasteiger partial charge in [0.15, 0.2) is 5.16 Å². The van der Waals surface area contributed by atoms with Gasteiger partial charge in [0.2, 0.25) is 5.91 Å². The number of fused-ring (bicyclic) bond motifs is 1. The number of thioether (sulfide) groups is 1. The van der Waals surface area contributed by atoms with E-state index in [0.717, 1.165) is 35.1 Å². The normalized spacial score (nSPS) is 15.8. The zero-order valence-electron chi connectivity index (χ0n) is 15.6. The van der Waals surface area contributed by atoms with Gasteiger partial charge in [-0.05, 0) is 37.5 Å². The van der Waals surface area contributed by atoms with Crippen LogP contribution in [0.5, 0.6) is 0 Å². The largest absolute Gasteiger partial charge is 0.337 e. The van der Waals surface area contributed by atoms with Gasteiger partial charge in [-0.25, -0.2) is 4.98 Å². The smallest absolute Gasteiger partial charge is 0.237 e. The second-order valence-corrected chi connectivity index (χ2v) is 7.97. The molecule has 0 bridgehead atoms. The van der Waals surface area contributed by atoms with Gasteiger partial charge in [-0.15, -0.1) is 0 Å². The van der Waals surface area contributed by atoms with Crippen LogP contribution in [0.1, 0.15) is 29.4 Å². The number of nitrogens with one attached hydrogen (secondary N) is 1. The second-order valence-electron chi connectivity index (χ2n) is 7.01.